The predicted molar refractivity (Wildman–Crippen MR) is 84.8 cm³/mol. The number of nitrogens with one attached hydrogen (secondary N) is 1. The first-order valence-electron chi connectivity index (χ1n) is 7.57. The van der Waals surface area contributed by atoms with Crippen LogP contribution < -0.4 is 10.2 Å². The number of rotatable bonds is 6. The average molecular weight is 291 g/mol. The Morgan fingerprint density at radius 2 is 1.81 bits per heavy atom. The standard InChI is InChI=1S/C16H25N3O2/c1-13(2)17-15(16(20)21)12-18-8-10-19(11-9-18)14-6-4-3-5-7-14/h3-7,13,15,17H,8-12H2,1-2H3,(H,20,21). The Balaban J connectivity index is 1.84. The van der Waals surface area contributed by atoms with E-state index in [0.717, 1.165) is 26.2 Å². The summed E-state index contributed by atoms with van der Waals surface area (Å²) in [5.41, 5.74) is 1.24. The first kappa shape index (κ1) is 15.8. The summed E-state index contributed by atoms with van der Waals surface area (Å²) < 4.78 is 0. The van der Waals surface area contributed by atoms with Crippen LogP contribution in [0.4, 0.5) is 5.69 Å². The number of anilines is 1. The van der Waals surface area contributed by atoms with Crippen molar-refractivity contribution in [2.45, 2.75) is 25.9 Å². The maximum Gasteiger partial charge on any atom is 0.322 e. The van der Waals surface area contributed by atoms with Gasteiger partial charge in [-0.1, -0.05) is 32.0 Å². The molecule has 2 rings (SSSR count). The zero-order valence-corrected chi connectivity index (χ0v) is 12.8. The van der Waals surface area contributed by atoms with Crippen molar-refractivity contribution < 1.29 is 9.90 Å². The summed E-state index contributed by atoms with van der Waals surface area (Å²) >= 11 is 0. The fraction of sp³-hybridized carbons (Fsp3) is 0.562. The normalized spacial score (nSPS) is 18.0. The van der Waals surface area contributed by atoms with E-state index in [1.54, 1.807) is 0 Å². The molecule has 0 aromatic heterocycles. The number of carboxylic acid groups (broad SMARTS) is 1. The summed E-state index contributed by atoms with van der Waals surface area (Å²) in [4.78, 5) is 15.9. The largest absolute Gasteiger partial charge is 0.480 e. The molecule has 1 aliphatic rings. The second-order valence-electron chi connectivity index (χ2n) is 5.84. The molecular weight excluding hydrogens is 266 g/mol. The SMILES string of the molecule is CC(C)NC(CN1CCN(c2ccccc2)CC1)C(=O)O. The van der Waals surface area contributed by atoms with Gasteiger partial charge in [-0.05, 0) is 12.1 Å². The predicted octanol–water partition coefficient (Wildman–Crippen LogP) is 1.26. The number of hydrogen-bond donors (Lipinski definition) is 2. The van der Waals surface area contributed by atoms with Crippen LogP contribution in [-0.2, 0) is 4.79 Å². The lowest BCUT2D eigenvalue weighted by atomic mass is 10.2. The molecule has 0 saturated carbocycles. The first-order valence-corrected chi connectivity index (χ1v) is 7.57. The fourth-order valence-electron chi connectivity index (χ4n) is 2.69. The lowest BCUT2D eigenvalue weighted by Gasteiger charge is -2.37. The van der Waals surface area contributed by atoms with E-state index in [1.807, 2.05) is 19.9 Å². The van der Waals surface area contributed by atoms with E-state index in [9.17, 15) is 9.90 Å². The number of carboxylic acids is 1. The number of carbonyl (C=O) groups is 1. The third kappa shape index (κ3) is 4.72. The van der Waals surface area contributed by atoms with E-state index in [2.05, 4.69) is 39.4 Å². The second-order valence-corrected chi connectivity index (χ2v) is 5.84. The highest BCUT2D eigenvalue weighted by Gasteiger charge is 2.24. The lowest BCUT2D eigenvalue weighted by Crippen LogP contribution is -2.53. The molecule has 0 aliphatic carbocycles. The van der Waals surface area contributed by atoms with E-state index in [1.165, 1.54) is 5.69 Å². The van der Waals surface area contributed by atoms with Gasteiger partial charge in [0.25, 0.3) is 0 Å². The van der Waals surface area contributed by atoms with Crippen LogP contribution in [0.3, 0.4) is 0 Å². The molecule has 1 heterocycles. The van der Waals surface area contributed by atoms with E-state index in [-0.39, 0.29) is 6.04 Å². The van der Waals surface area contributed by atoms with Crippen LogP contribution in [-0.4, -0.2) is 60.8 Å². The Morgan fingerprint density at radius 3 is 2.33 bits per heavy atom. The summed E-state index contributed by atoms with van der Waals surface area (Å²) in [7, 11) is 0. The molecule has 1 atom stereocenters. The van der Waals surface area contributed by atoms with Crippen molar-refractivity contribution in [1.29, 1.82) is 0 Å². The van der Waals surface area contributed by atoms with Crippen LogP contribution >= 0.6 is 0 Å². The van der Waals surface area contributed by atoms with Gasteiger partial charge in [0.2, 0.25) is 0 Å². The number of para-hydroxylation sites is 1. The van der Waals surface area contributed by atoms with Gasteiger partial charge in [0.1, 0.15) is 6.04 Å². The van der Waals surface area contributed by atoms with Crippen molar-refractivity contribution in [3.63, 3.8) is 0 Å². The van der Waals surface area contributed by atoms with Gasteiger partial charge >= 0.3 is 5.97 Å². The smallest absolute Gasteiger partial charge is 0.322 e. The Morgan fingerprint density at radius 1 is 1.19 bits per heavy atom. The Hall–Kier alpha value is -1.59. The highest BCUT2D eigenvalue weighted by Crippen LogP contribution is 2.15. The summed E-state index contributed by atoms with van der Waals surface area (Å²) in [5, 5.41) is 12.4. The molecule has 1 aromatic rings. The monoisotopic (exact) mass is 291 g/mol. The number of nitrogens with zero attached hydrogens (tertiary/aromatic N) is 2. The molecule has 1 aliphatic heterocycles. The fourth-order valence-corrected chi connectivity index (χ4v) is 2.69. The minimum atomic E-state index is -0.769. The van der Waals surface area contributed by atoms with E-state index < -0.39 is 12.0 Å². The molecule has 1 aromatic carbocycles. The van der Waals surface area contributed by atoms with Gasteiger partial charge in [0.15, 0.2) is 0 Å². The van der Waals surface area contributed by atoms with Crippen molar-refractivity contribution in [2.24, 2.45) is 0 Å². The van der Waals surface area contributed by atoms with E-state index in [4.69, 9.17) is 0 Å². The molecular formula is C16H25N3O2. The quantitative estimate of drug-likeness (QED) is 0.826. The van der Waals surface area contributed by atoms with Gasteiger partial charge in [-0.15, -0.1) is 0 Å². The van der Waals surface area contributed by atoms with Crippen LogP contribution in [0.5, 0.6) is 0 Å². The van der Waals surface area contributed by atoms with Gasteiger partial charge in [-0.2, -0.15) is 0 Å². The molecule has 5 nitrogen and oxygen atoms in total. The summed E-state index contributed by atoms with van der Waals surface area (Å²) in [6.45, 7) is 8.20. The number of hydrogen-bond acceptors (Lipinski definition) is 4. The maximum absolute atomic E-state index is 11.3. The molecule has 1 fully saturated rings. The van der Waals surface area contributed by atoms with Crippen LogP contribution in [0.1, 0.15) is 13.8 Å². The van der Waals surface area contributed by atoms with E-state index in [0.29, 0.717) is 6.54 Å². The van der Waals surface area contributed by atoms with Crippen molar-refractivity contribution in [1.82, 2.24) is 10.2 Å². The van der Waals surface area contributed by atoms with Crippen molar-refractivity contribution >= 4 is 11.7 Å². The molecule has 0 spiro atoms. The highest BCUT2D eigenvalue weighted by atomic mass is 16.4. The molecule has 1 unspecified atom stereocenters. The topological polar surface area (TPSA) is 55.8 Å². The van der Waals surface area contributed by atoms with Gasteiger partial charge in [0.05, 0.1) is 0 Å². The van der Waals surface area contributed by atoms with Crippen LogP contribution in [0, 0.1) is 0 Å². The Bertz CT molecular complexity index is 442. The Kier molecular flexibility index (Phi) is 5.59. The number of piperazine rings is 1. The highest BCUT2D eigenvalue weighted by molar-refractivity contribution is 5.73. The van der Waals surface area contributed by atoms with Gasteiger partial charge in [-0.25, -0.2) is 0 Å². The molecule has 2 N–H and O–H groups in total. The summed E-state index contributed by atoms with van der Waals surface area (Å²) in [6, 6.07) is 10.1. The van der Waals surface area contributed by atoms with Crippen LogP contribution in [0.15, 0.2) is 30.3 Å². The van der Waals surface area contributed by atoms with Crippen LogP contribution in [0.25, 0.3) is 0 Å². The van der Waals surface area contributed by atoms with Gasteiger partial charge in [-0.3, -0.25) is 9.69 Å². The first-order chi connectivity index (χ1) is 10.1. The average Bonchev–Trinajstić information content (AvgIpc) is 2.48. The van der Waals surface area contributed by atoms with Crippen LogP contribution in [0.2, 0.25) is 0 Å². The molecule has 116 valence electrons. The number of benzene rings is 1. The maximum atomic E-state index is 11.3. The molecule has 0 bridgehead atoms. The summed E-state index contributed by atoms with van der Waals surface area (Å²) in [5.74, 6) is -0.769. The zero-order chi connectivity index (χ0) is 15.2. The zero-order valence-electron chi connectivity index (χ0n) is 12.8. The molecule has 5 heteroatoms. The minimum Gasteiger partial charge on any atom is -0.480 e. The third-order valence-corrected chi connectivity index (χ3v) is 3.77. The van der Waals surface area contributed by atoms with E-state index >= 15 is 0 Å². The molecule has 21 heavy (non-hydrogen) atoms. The molecule has 0 amide bonds. The second kappa shape index (κ2) is 7.43. The third-order valence-electron chi connectivity index (χ3n) is 3.77. The molecule has 1 saturated heterocycles. The van der Waals surface area contributed by atoms with Crippen molar-refractivity contribution in [3.05, 3.63) is 30.3 Å². The lowest BCUT2D eigenvalue weighted by molar-refractivity contribution is -0.140. The minimum absolute atomic E-state index is 0.178. The Labute approximate surface area is 126 Å². The van der Waals surface area contributed by atoms with Gasteiger partial charge in [0, 0.05) is 44.5 Å². The van der Waals surface area contributed by atoms with Crippen molar-refractivity contribution in [2.75, 3.05) is 37.6 Å². The van der Waals surface area contributed by atoms with Crippen molar-refractivity contribution in [3.8, 4) is 0 Å². The van der Waals surface area contributed by atoms with Gasteiger partial charge < -0.3 is 15.3 Å². The summed E-state index contributed by atoms with van der Waals surface area (Å²) in [6.07, 6.45) is 0. The molecule has 0 radical (unpaired) electrons. The number of aliphatic carboxylic acids is 1.